The van der Waals surface area contributed by atoms with E-state index in [2.05, 4.69) is 18.2 Å². The Bertz CT molecular complexity index is 218. The number of nitrogens with zero attached hydrogens (tertiary/aromatic N) is 1. The van der Waals surface area contributed by atoms with Crippen LogP contribution in [0.25, 0.3) is 0 Å². The van der Waals surface area contributed by atoms with Crippen molar-refractivity contribution in [2.24, 2.45) is 11.3 Å². The van der Waals surface area contributed by atoms with Gasteiger partial charge in [-0.3, -0.25) is 0 Å². The van der Waals surface area contributed by atoms with Crippen molar-refractivity contribution in [3.05, 3.63) is 12.2 Å². The number of hydrogen-bond acceptors (Lipinski definition) is 1. The summed E-state index contributed by atoms with van der Waals surface area (Å²) < 4.78 is 0. The van der Waals surface area contributed by atoms with E-state index in [1.165, 1.54) is 12.8 Å². The Hall–Kier alpha value is -0.770. The molecule has 0 aromatic heterocycles. The molecule has 1 unspecified atom stereocenters. The largest absolute Gasteiger partial charge is 0.198 e. The Morgan fingerprint density at radius 2 is 2.18 bits per heavy atom. The molecule has 1 heteroatoms. The zero-order valence-corrected chi connectivity index (χ0v) is 6.71. The van der Waals surface area contributed by atoms with Crippen LogP contribution in [0.2, 0.25) is 0 Å². The van der Waals surface area contributed by atoms with Crippen molar-refractivity contribution in [3.63, 3.8) is 0 Å². The molecular weight excluding hydrogens is 134 g/mol. The third-order valence-corrected chi connectivity index (χ3v) is 3.06. The van der Waals surface area contributed by atoms with Gasteiger partial charge in [0.25, 0.3) is 0 Å². The van der Waals surface area contributed by atoms with Crippen LogP contribution >= 0.6 is 0 Å². The zero-order chi connectivity index (χ0) is 7.73. The van der Waals surface area contributed by atoms with Crippen LogP contribution in [0.1, 0.15) is 32.1 Å². The summed E-state index contributed by atoms with van der Waals surface area (Å²) in [5.74, 6) is 0.678. The monoisotopic (exact) mass is 147 g/mol. The first kappa shape index (κ1) is 6.91. The maximum absolute atomic E-state index is 8.93. The van der Waals surface area contributed by atoms with E-state index in [4.69, 9.17) is 5.26 Å². The minimum absolute atomic E-state index is 0.116. The lowest BCUT2D eigenvalue weighted by molar-refractivity contribution is 0.354. The average Bonchev–Trinajstić information content (AvgIpc) is 2.86. The van der Waals surface area contributed by atoms with Crippen LogP contribution in [0.4, 0.5) is 0 Å². The Morgan fingerprint density at radius 3 is 2.64 bits per heavy atom. The van der Waals surface area contributed by atoms with E-state index in [0.717, 1.165) is 19.3 Å². The van der Waals surface area contributed by atoms with Gasteiger partial charge in [-0.25, -0.2) is 0 Å². The standard InChI is InChI=1S/C10H13N/c11-8-10(6-7-10)9-4-2-1-3-5-9/h1-2,9H,3-7H2. The summed E-state index contributed by atoms with van der Waals surface area (Å²) in [6.45, 7) is 0. The van der Waals surface area contributed by atoms with Crippen LogP contribution in [-0.4, -0.2) is 0 Å². The molecule has 0 radical (unpaired) electrons. The minimum atomic E-state index is 0.116. The van der Waals surface area contributed by atoms with Gasteiger partial charge in [-0.1, -0.05) is 12.2 Å². The second-order valence-corrected chi connectivity index (χ2v) is 3.75. The predicted molar refractivity (Wildman–Crippen MR) is 43.8 cm³/mol. The van der Waals surface area contributed by atoms with Crippen molar-refractivity contribution in [1.29, 1.82) is 5.26 Å². The summed E-state index contributed by atoms with van der Waals surface area (Å²) in [6, 6.07) is 2.49. The zero-order valence-electron chi connectivity index (χ0n) is 6.71. The third kappa shape index (κ3) is 1.07. The van der Waals surface area contributed by atoms with Gasteiger partial charge < -0.3 is 0 Å². The fourth-order valence-electron chi connectivity index (χ4n) is 2.04. The van der Waals surface area contributed by atoms with E-state index in [-0.39, 0.29) is 5.41 Å². The first-order chi connectivity index (χ1) is 5.37. The summed E-state index contributed by atoms with van der Waals surface area (Å²) in [5, 5.41) is 8.93. The van der Waals surface area contributed by atoms with Crippen LogP contribution in [0, 0.1) is 22.7 Å². The molecule has 0 N–H and O–H groups in total. The number of allylic oxidation sites excluding steroid dienone is 2. The smallest absolute Gasteiger partial charge is 0.0692 e. The van der Waals surface area contributed by atoms with Crippen LogP contribution in [0.5, 0.6) is 0 Å². The van der Waals surface area contributed by atoms with Gasteiger partial charge >= 0.3 is 0 Å². The van der Waals surface area contributed by atoms with E-state index >= 15 is 0 Å². The molecule has 11 heavy (non-hydrogen) atoms. The highest BCUT2D eigenvalue weighted by atomic mass is 14.5. The second kappa shape index (κ2) is 2.37. The molecule has 2 rings (SSSR count). The second-order valence-electron chi connectivity index (χ2n) is 3.75. The van der Waals surface area contributed by atoms with Gasteiger partial charge in [-0.05, 0) is 38.0 Å². The Balaban J connectivity index is 2.06. The summed E-state index contributed by atoms with van der Waals surface area (Å²) in [7, 11) is 0. The molecule has 0 saturated heterocycles. The molecule has 1 nitrogen and oxygen atoms in total. The SMILES string of the molecule is N#CC1(C2CC=CCC2)CC1. The molecule has 2 aliphatic carbocycles. The van der Waals surface area contributed by atoms with Crippen LogP contribution in [0.3, 0.4) is 0 Å². The van der Waals surface area contributed by atoms with Gasteiger partial charge in [-0.15, -0.1) is 0 Å². The highest BCUT2D eigenvalue weighted by Crippen LogP contribution is 2.54. The molecule has 1 atom stereocenters. The Morgan fingerprint density at radius 1 is 1.36 bits per heavy atom. The number of rotatable bonds is 1. The van der Waals surface area contributed by atoms with Crippen molar-refractivity contribution >= 4 is 0 Å². The summed E-state index contributed by atoms with van der Waals surface area (Å²) in [4.78, 5) is 0. The maximum atomic E-state index is 8.93. The molecule has 0 aromatic rings. The van der Waals surface area contributed by atoms with Crippen LogP contribution in [0.15, 0.2) is 12.2 Å². The van der Waals surface area contributed by atoms with Gasteiger partial charge in [0.15, 0.2) is 0 Å². The van der Waals surface area contributed by atoms with Crippen molar-refractivity contribution < 1.29 is 0 Å². The normalized spacial score (nSPS) is 32.8. The fraction of sp³-hybridized carbons (Fsp3) is 0.700. The maximum Gasteiger partial charge on any atom is 0.0692 e. The topological polar surface area (TPSA) is 23.8 Å². The Labute approximate surface area is 67.7 Å². The molecule has 0 bridgehead atoms. The third-order valence-electron chi connectivity index (χ3n) is 3.06. The Kier molecular flexibility index (Phi) is 1.49. The van der Waals surface area contributed by atoms with E-state index in [9.17, 15) is 0 Å². The molecule has 0 heterocycles. The highest BCUT2D eigenvalue weighted by Gasteiger charge is 2.49. The molecular formula is C10H13N. The lowest BCUT2D eigenvalue weighted by Gasteiger charge is -2.21. The predicted octanol–water partition coefficient (Wildman–Crippen LogP) is 2.65. The number of nitriles is 1. The molecule has 1 fully saturated rings. The van der Waals surface area contributed by atoms with Crippen molar-refractivity contribution in [3.8, 4) is 6.07 Å². The van der Waals surface area contributed by atoms with Crippen molar-refractivity contribution in [1.82, 2.24) is 0 Å². The van der Waals surface area contributed by atoms with E-state index in [0.29, 0.717) is 5.92 Å². The lowest BCUT2D eigenvalue weighted by Crippen LogP contribution is -2.15. The summed E-state index contributed by atoms with van der Waals surface area (Å²) >= 11 is 0. The van der Waals surface area contributed by atoms with Gasteiger partial charge in [0.1, 0.15) is 0 Å². The molecule has 1 saturated carbocycles. The van der Waals surface area contributed by atoms with E-state index in [1.807, 2.05) is 0 Å². The molecule has 0 spiro atoms. The fourth-order valence-corrected chi connectivity index (χ4v) is 2.04. The van der Waals surface area contributed by atoms with Crippen LogP contribution < -0.4 is 0 Å². The summed E-state index contributed by atoms with van der Waals surface area (Å²) in [6.07, 6.45) is 10.4. The minimum Gasteiger partial charge on any atom is -0.198 e. The highest BCUT2D eigenvalue weighted by molar-refractivity contribution is 5.15. The van der Waals surface area contributed by atoms with Crippen molar-refractivity contribution in [2.75, 3.05) is 0 Å². The van der Waals surface area contributed by atoms with Crippen molar-refractivity contribution in [2.45, 2.75) is 32.1 Å². The lowest BCUT2D eigenvalue weighted by atomic mass is 9.81. The molecule has 58 valence electrons. The molecule has 0 aliphatic heterocycles. The van der Waals surface area contributed by atoms with Gasteiger partial charge in [0, 0.05) is 0 Å². The number of hydrogen-bond donors (Lipinski definition) is 0. The molecule has 0 amide bonds. The van der Waals surface area contributed by atoms with E-state index < -0.39 is 0 Å². The first-order valence-corrected chi connectivity index (χ1v) is 4.44. The first-order valence-electron chi connectivity index (χ1n) is 4.44. The van der Waals surface area contributed by atoms with Crippen LogP contribution in [-0.2, 0) is 0 Å². The molecule has 0 aromatic carbocycles. The average molecular weight is 147 g/mol. The van der Waals surface area contributed by atoms with Gasteiger partial charge in [0.2, 0.25) is 0 Å². The van der Waals surface area contributed by atoms with E-state index in [1.54, 1.807) is 0 Å². The quantitative estimate of drug-likeness (QED) is 0.523. The van der Waals surface area contributed by atoms with Gasteiger partial charge in [0.05, 0.1) is 11.5 Å². The summed E-state index contributed by atoms with van der Waals surface area (Å²) in [5.41, 5.74) is 0.116. The van der Waals surface area contributed by atoms with Gasteiger partial charge in [-0.2, -0.15) is 5.26 Å². The molecule has 2 aliphatic rings.